The van der Waals surface area contributed by atoms with E-state index < -0.39 is 0 Å². The molecule has 1 aliphatic rings. The Balaban J connectivity index is 1.66. The summed E-state index contributed by atoms with van der Waals surface area (Å²) >= 11 is 0. The van der Waals surface area contributed by atoms with E-state index in [9.17, 15) is 4.79 Å². The number of fused-ring (bicyclic) bond motifs is 1. The quantitative estimate of drug-likeness (QED) is 0.887. The Bertz CT molecular complexity index is 712. The average molecular weight is 310 g/mol. The molecular weight excluding hydrogens is 288 g/mol. The zero-order valence-corrected chi connectivity index (χ0v) is 13.6. The predicted octanol–water partition coefficient (Wildman–Crippen LogP) is 3.62. The van der Waals surface area contributed by atoms with Crippen LogP contribution >= 0.6 is 0 Å². The van der Waals surface area contributed by atoms with Gasteiger partial charge in [-0.2, -0.15) is 0 Å². The van der Waals surface area contributed by atoms with Crippen molar-refractivity contribution >= 4 is 17.3 Å². The first-order valence-corrected chi connectivity index (χ1v) is 7.99. The zero-order valence-electron chi connectivity index (χ0n) is 13.6. The summed E-state index contributed by atoms with van der Waals surface area (Å²) in [5.74, 6) is 0.570. The lowest BCUT2D eigenvalue weighted by molar-refractivity contribution is -0.116. The van der Waals surface area contributed by atoms with Crippen LogP contribution in [-0.2, 0) is 17.6 Å². The van der Waals surface area contributed by atoms with Crippen LogP contribution in [0.25, 0.3) is 0 Å². The molecule has 1 atom stereocenters. The van der Waals surface area contributed by atoms with Crippen LogP contribution in [0.2, 0.25) is 0 Å². The lowest BCUT2D eigenvalue weighted by Crippen LogP contribution is -2.32. The average Bonchev–Trinajstić information content (AvgIpc) is 3.03. The third kappa shape index (κ3) is 3.47. The summed E-state index contributed by atoms with van der Waals surface area (Å²) in [5.41, 5.74) is 4.50. The minimum atomic E-state index is -0.334. The summed E-state index contributed by atoms with van der Waals surface area (Å²) in [6.45, 7) is 1.86. The highest BCUT2D eigenvalue weighted by Gasteiger charge is 2.16. The van der Waals surface area contributed by atoms with Crippen molar-refractivity contribution in [1.29, 1.82) is 0 Å². The van der Waals surface area contributed by atoms with E-state index in [4.69, 9.17) is 4.74 Å². The first kappa shape index (κ1) is 15.4. The van der Waals surface area contributed by atoms with Gasteiger partial charge >= 0.3 is 0 Å². The Labute approximate surface area is 136 Å². The lowest BCUT2D eigenvalue weighted by Gasteiger charge is -2.17. The number of amides is 1. The molecule has 4 heteroatoms. The van der Waals surface area contributed by atoms with Crippen LogP contribution in [0, 0.1) is 0 Å². The number of hydrogen-bond donors (Lipinski definition) is 2. The smallest absolute Gasteiger partial charge is 0.246 e. The number of ether oxygens (including phenoxy) is 1. The Kier molecular flexibility index (Phi) is 4.51. The van der Waals surface area contributed by atoms with Crippen molar-refractivity contribution in [2.24, 2.45) is 0 Å². The molecule has 0 fully saturated rings. The monoisotopic (exact) mass is 310 g/mol. The van der Waals surface area contributed by atoms with E-state index in [1.807, 2.05) is 31.2 Å². The third-order valence-electron chi connectivity index (χ3n) is 4.24. The maximum Gasteiger partial charge on any atom is 0.246 e. The number of hydrogen-bond acceptors (Lipinski definition) is 3. The minimum absolute atomic E-state index is 0.0880. The maximum absolute atomic E-state index is 12.4. The van der Waals surface area contributed by atoms with E-state index in [0.717, 1.165) is 12.1 Å². The van der Waals surface area contributed by atoms with Crippen LogP contribution in [0.1, 0.15) is 24.5 Å². The van der Waals surface area contributed by atoms with Gasteiger partial charge in [0.05, 0.1) is 12.8 Å². The van der Waals surface area contributed by atoms with Crippen molar-refractivity contribution in [1.82, 2.24) is 0 Å². The van der Waals surface area contributed by atoms with E-state index in [0.29, 0.717) is 11.4 Å². The lowest BCUT2D eigenvalue weighted by atomic mass is 10.1. The second kappa shape index (κ2) is 6.73. The van der Waals surface area contributed by atoms with E-state index in [2.05, 4.69) is 28.8 Å². The molecule has 0 saturated carbocycles. The van der Waals surface area contributed by atoms with Gasteiger partial charge in [0.25, 0.3) is 0 Å². The van der Waals surface area contributed by atoms with Crippen LogP contribution in [0.3, 0.4) is 0 Å². The molecule has 0 aromatic heterocycles. The van der Waals surface area contributed by atoms with Crippen LogP contribution < -0.4 is 15.4 Å². The fourth-order valence-electron chi connectivity index (χ4n) is 2.97. The Hall–Kier alpha value is -2.49. The SMILES string of the molecule is COc1ccccc1NC(=O)[C@@H](C)Nc1ccc2c(c1)CCC2. The van der Waals surface area contributed by atoms with Crippen LogP contribution in [-0.4, -0.2) is 19.1 Å². The number of para-hydroxylation sites is 2. The number of aryl methyl sites for hydroxylation is 2. The van der Waals surface area contributed by atoms with Gasteiger partial charge in [0.2, 0.25) is 5.91 Å². The number of nitrogens with one attached hydrogen (secondary N) is 2. The van der Waals surface area contributed by atoms with Crippen LogP contribution in [0.4, 0.5) is 11.4 Å². The summed E-state index contributed by atoms with van der Waals surface area (Å²) in [7, 11) is 1.59. The largest absolute Gasteiger partial charge is 0.495 e. The highest BCUT2D eigenvalue weighted by molar-refractivity contribution is 5.97. The molecule has 3 rings (SSSR count). The van der Waals surface area contributed by atoms with Gasteiger partial charge < -0.3 is 15.4 Å². The second-order valence-electron chi connectivity index (χ2n) is 5.89. The zero-order chi connectivity index (χ0) is 16.2. The Morgan fingerprint density at radius 1 is 1.13 bits per heavy atom. The fraction of sp³-hybridized carbons (Fsp3) is 0.316. The van der Waals surface area contributed by atoms with Crippen molar-refractivity contribution in [2.45, 2.75) is 32.2 Å². The predicted molar refractivity (Wildman–Crippen MR) is 93.2 cm³/mol. The first-order chi connectivity index (χ1) is 11.2. The molecule has 0 unspecified atom stereocenters. The number of anilines is 2. The molecule has 1 aliphatic carbocycles. The van der Waals surface area contributed by atoms with Gasteiger partial charge in [-0.1, -0.05) is 18.2 Å². The number of carbonyl (C=O) groups is 1. The van der Waals surface area contributed by atoms with E-state index in [1.165, 1.54) is 24.0 Å². The molecule has 2 N–H and O–H groups in total. The molecule has 0 aliphatic heterocycles. The van der Waals surface area contributed by atoms with Crippen molar-refractivity contribution in [3.05, 3.63) is 53.6 Å². The fourth-order valence-corrected chi connectivity index (χ4v) is 2.97. The Morgan fingerprint density at radius 3 is 2.74 bits per heavy atom. The highest BCUT2D eigenvalue weighted by atomic mass is 16.5. The van der Waals surface area contributed by atoms with Gasteiger partial charge in [0.1, 0.15) is 11.8 Å². The molecule has 120 valence electrons. The number of benzene rings is 2. The molecule has 0 saturated heterocycles. The van der Waals surface area contributed by atoms with E-state index in [1.54, 1.807) is 7.11 Å². The molecule has 4 nitrogen and oxygen atoms in total. The van der Waals surface area contributed by atoms with E-state index in [-0.39, 0.29) is 11.9 Å². The number of carbonyl (C=O) groups excluding carboxylic acids is 1. The van der Waals surface area contributed by atoms with Crippen LogP contribution in [0.15, 0.2) is 42.5 Å². The van der Waals surface area contributed by atoms with E-state index >= 15 is 0 Å². The standard InChI is InChI=1S/C19H22N2O2/c1-13(19(22)21-17-8-3-4-9-18(17)23-2)20-16-11-10-14-6-5-7-15(14)12-16/h3-4,8-13,20H,5-7H2,1-2H3,(H,21,22)/t13-/m1/s1. The molecule has 0 bridgehead atoms. The summed E-state index contributed by atoms with van der Waals surface area (Å²) in [4.78, 5) is 12.4. The second-order valence-corrected chi connectivity index (χ2v) is 5.89. The van der Waals surface area contributed by atoms with Gasteiger partial charge in [-0.25, -0.2) is 0 Å². The first-order valence-electron chi connectivity index (χ1n) is 7.99. The molecule has 0 spiro atoms. The molecule has 2 aromatic carbocycles. The maximum atomic E-state index is 12.4. The minimum Gasteiger partial charge on any atom is -0.495 e. The number of rotatable bonds is 5. The van der Waals surface area contributed by atoms with Gasteiger partial charge in [-0.3, -0.25) is 4.79 Å². The molecule has 0 radical (unpaired) electrons. The van der Waals surface area contributed by atoms with Gasteiger partial charge in [-0.15, -0.1) is 0 Å². The summed E-state index contributed by atoms with van der Waals surface area (Å²) < 4.78 is 5.26. The van der Waals surface area contributed by atoms with Gasteiger partial charge in [-0.05, 0) is 61.6 Å². The topological polar surface area (TPSA) is 50.4 Å². The van der Waals surface area contributed by atoms with Crippen molar-refractivity contribution in [3.63, 3.8) is 0 Å². The van der Waals surface area contributed by atoms with Crippen molar-refractivity contribution < 1.29 is 9.53 Å². The molecule has 23 heavy (non-hydrogen) atoms. The van der Waals surface area contributed by atoms with Crippen molar-refractivity contribution in [2.75, 3.05) is 17.7 Å². The molecular formula is C19H22N2O2. The molecule has 2 aromatic rings. The molecule has 1 amide bonds. The van der Waals surface area contributed by atoms with Crippen molar-refractivity contribution in [3.8, 4) is 5.75 Å². The summed E-state index contributed by atoms with van der Waals surface area (Å²) in [6, 6.07) is 13.5. The molecule has 0 heterocycles. The van der Waals surface area contributed by atoms with Gasteiger partial charge in [0.15, 0.2) is 0 Å². The number of methoxy groups -OCH3 is 1. The Morgan fingerprint density at radius 2 is 1.91 bits per heavy atom. The summed E-state index contributed by atoms with van der Waals surface area (Å²) in [5, 5.41) is 6.18. The summed E-state index contributed by atoms with van der Waals surface area (Å²) in [6.07, 6.45) is 3.52. The normalized spacial score (nSPS) is 14.0. The highest BCUT2D eigenvalue weighted by Crippen LogP contribution is 2.26. The van der Waals surface area contributed by atoms with Crippen LogP contribution in [0.5, 0.6) is 5.75 Å². The third-order valence-corrected chi connectivity index (χ3v) is 4.24. The van der Waals surface area contributed by atoms with Gasteiger partial charge in [0, 0.05) is 5.69 Å².